The largest absolute Gasteiger partial charge is 0.493 e. The zero-order chi connectivity index (χ0) is 23.5. The molecule has 0 fully saturated rings. The van der Waals surface area contributed by atoms with Crippen LogP contribution in [0.4, 0.5) is 0 Å². The molecule has 2 aromatic heterocycles. The molecule has 5 rings (SSSR count). The molecule has 0 radical (unpaired) electrons. The molecule has 0 saturated heterocycles. The number of methoxy groups -OCH3 is 3. The van der Waals surface area contributed by atoms with E-state index in [0.29, 0.717) is 23.9 Å². The molecular formula is C28H25NO4S. The maximum absolute atomic E-state index is 6.29. The van der Waals surface area contributed by atoms with Crippen LogP contribution in [0.3, 0.4) is 0 Å². The van der Waals surface area contributed by atoms with Gasteiger partial charge in [-0.05, 0) is 35.4 Å². The molecule has 0 amide bonds. The third-order valence-corrected chi connectivity index (χ3v) is 6.89. The second kappa shape index (κ2) is 9.61. The first kappa shape index (κ1) is 22.0. The number of benzene rings is 3. The topological polar surface area (TPSA) is 49.8 Å². The van der Waals surface area contributed by atoms with Crippen molar-refractivity contribution >= 4 is 32.3 Å². The lowest BCUT2D eigenvalue weighted by atomic mass is 10.1. The Morgan fingerprint density at radius 2 is 1.50 bits per heavy atom. The van der Waals surface area contributed by atoms with Crippen LogP contribution in [0.15, 0.2) is 72.9 Å². The molecule has 0 aliphatic carbocycles. The van der Waals surface area contributed by atoms with E-state index >= 15 is 0 Å². The second-order valence-electron chi connectivity index (χ2n) is 7.88. The Labute approximate surface area is 202 Å². The summed E-state index contributed by atoms with van der Waals surface area (Å²) < 4.78 is 24.0. The highest BCUT2D eigenvalue weighted by molar-refractivity contribution is 7.19. The van der Waals surface area contributed by atoms with Gasteiger partial charge in [0.25, 0.3) is 0 Å². The van der Waals surface area contributed by atoms with E-state index in [4.69, 9.17) is 18.9 Å². The Kier molecular flexibility index (Phi) is 6.23. The van der Waals surface area contributed by atoms with Crippen LogP contribution < -0.4 is 18.9 Å². The summed E-state index contributed by atoms with van der Waals surface area (Å²) in [6, 6.07) is 22.6. The highest BCUT2D eigenvalue weighted by Crippen LogP contribution is 2.42. The van der Waals surface area contributed by atoms with Gasteiger partial charge in [-0.25, -0.2) is 0 Å². The summed E-state index contributed by atoms with van der Waals surface area (Å²) in [7, 11) is 4.88. The molecule has 5 aromatic rings. The van der Waals surface area contributed by atoms with Gasteiger partial charge in [-0.3, -0.25) is 4.98 Å². The van der Waals surface area contributed by atoms with E-state index in [9.17, 15) is 0 Å². The van der Waals surface area contributed by atoms with E-state index in [1.54, 1.807) is 32.7 Å². The van der Waals surface area contributed by atoms with Crippen LogP contribution in [0.5, 0.6) is 23.0 Å². The maximum Gasteiger partial charge on any atom is 0.203 e. The fourth-order valence-electron chi connectivity index (χ4n) is 4.14. The lowest BCUT2D eigenvalue weighted by Gasteiger charge is -2.13. The summed E-state index contributed by atoms with van der Waals surface area (Å²) in [6.07, 6.45) is 2.55. The fourth-order valence-corrected chi connectivity index (χ4v) is 5.32. The summed E-state index contributed by atoms with van der Waals surface area (Å²) >= 11 is 1.74. The van der Waals surface area contributed by atoms with Gasteiger partial charge in [-0.15, -0.1) is 11.3 Å². The summed E-state index contributed by atoms with van der Waals surface area (Å²) in [5.74, 6) is 2.75. The highest BCUT2D eigenvalue weighted by atomic mass is 32.1. The van der Waals surface area contributed by atoms with Crippen LogP contribution >= 0.6 is 11.3 Å². The van der Waals surface area contributed by atoms with Gasteiger partial charge in [-0.1, -0.05) is 36.4 Å². The molecule has 0 aliphatic rings. The van der Waals surface area contributed by atoms with Crippen molar-refractivity contribution in [3.8, 4) is 23.0 Å². The van der Waals surface area contributed by atoms with Crippen LogP contribution in [-0.2, 0) is 13.0 Å². The Morgan fingerprint density at radius 1 is 0.735 bits per heavy atom. The Morgan fingerprint density at radius 3 is 2.21 bits per heavy atom. The molecule has 5 nitrogen and oxygen atoms in total. The molecule has 0 aliphatic heterocycles. The summed E-state index contributed by atoms with van der Waals surface area (Å²) in [5.41, 5.74) is 3.14. The number of hydrogen-bond donors (Lipinski definition) is 0. The quantitative estimate of drug-likeness (QED) is 0.254. The number of fused-ring (bicyclic) bond motifs is 3. The fraction of sp³-hybridized carbons (Fsp3) is 0.179. The van der Waals surface area contributed by atoms with Crippen molar-refractivity contribution < 1.29 is 18.9 Å². The van der Waals surface area contributed by atoms with E-state index in [-0.39, 0.29) is 0 Å². The summed E-state index contributed by atoms with van der Waals surface area (Å²) in [6.45, 7) is 0.508. The van der Waals surface area contributed by atoms with Crippen molar-refractivity contribution in [2.24, 2.45) is 0 Å². The van der Waals surface area contributed by atoms with Crippen molar-refractivity contribution in [1.29, 1.82) is 0 Å². The number of pyridine rings is 1. The van der Waals surface area contributed by atoms with Crippen LogP contribution in [-0.4, -0.2) is 26.3 Å². The second-order valence-corrected chi connectivity index (χ2v) is 9.02. The average Bonchev–Trinajstić information content (AvgIpc) is 3.31. The van der Waals surface area contributed by atoms with Crippen molar-refractivity contribution in [2.75, 3.05) is 21.3 Å². The monoisotopic (exact) mass is 471 g/mol. The van der Waals surface area contributed by atoms with E-state index in [1.165, 1.54) is 4.88 Å². The number of rotatable bonds is 8. The van der Waals surface area contributed by atoms with Gasteiger partial charge in [0.2, 0.25) is 5.75 Å². The molecule has 0 N–H and O–H groups in total. The lowest BCUT2D eigenvalue weighted by Crippen LogP contribution is -1.97. The third-order valence-electron chi connectivity index (χ3n) is 5.74. The number of thiophene rings is 1. The summed E-state index contributed by atoms with van der Waals surface area (Å²) in [4.78, 5) is 5.80. The normalized spacial score (nSPS) is 11.0. The first-order chi connectivity index (χ1) is 16.7. The molecule has 0 bridgehead atoms. The Bertz CT molecular complexity index is 1420. The molecule has 172 valence electrons. The minimum atomic E-state index is 0.508. The first-order valence-electron chi connectivity index (χ1n) is 11.0. The molecule has 3 aromatic carbocycles. The minimum absolute atomic E-state index is 0.508. The van der Waals surface area contributed by atoms with Gasteiger partial charge in [0.15, 0.2) is 11.5 Å². The highest BCUT2D eigenvalue weighted by Gasteiger charge is 2.16. The maximum atomic E-state index is 6.29. The minimum Gasteiger partial charge on any atom is -0.493 e. The van der Waals surface area contributed by atoms with Crippen LogP contribution in [0.2, 0.25) is 0 Å². The molecular weight excluding hydrogens is 446 g/mol. The van der Waals surface area contributed by atoms with Gasteiger partial charge < -0.3 is 18.9 Å². The molecule has 0 saturated carbocycles. The van der Waals surface area contributed by atoms with E-state index in [1.807, 2.05) is 48.7 Å². The van der Waals surface area contributed by atoms with Crippen molar-refractivity contribution in [3.05, 3.63) is 88.9 Å². The van der Waals surface area contributed by atoms with Crippen molar-refractivity contribution in [1.82, 2.24) is 4.98 Å². The number of hydrogen-bond acceptors (Lipinski definition) is 6. The molecule has 0 atom stereocenters. The van der Waals surface area contributed by atoms with Crippen LogP contribution in [0.1, 0.15) is 16.0 Å². The van der Waals surface area contributed by atoms with Gasteiger partial charge in [-0.2, -0.15) is 0 Å². The zero-order valence-electron chi connectivity index (χ0n) is 19.3. The molecule has 0 unspecified atom stereocenters. The Balaban J connectivity index is 1.55. The summed E-state index contributed by atoms with van der Waals surface area (Å²) in [5, 5.41) is 2.28. The van der Waals surface area contributed by atoms with Crippen molar-refractivity contribution in [2.45, 2.75) is 13.0 Å². The van der Waals surface area contributed by atoms with Gasteiger partial charge in [0.1, 0.15) is 12.4 Å². The third kappa shape index (κ3) is 4.24. The molecule has 0 spiro atoms. The number of ether oxygens (including phenoxy) is 4. The van der Waals surface area contributed by atoms with E-state index in [2.05, 4.69) is 29.2 Å². The molecule has 2 heterocycles. The smallest absolute Gasteiger partial charge is 0.203 e. The van der Waals surface area contributed by atoms with E-state index in [0.717, 1.165) is 44.3 Å². The number of aromatic nitrogens is 1. The predicted molar refractivity (Wildman–Crippen MR) is 137 cm³/mol. The predicted octanol–water partition coefficient (Wildman–Crippen LogP) is 6.65. The average molecular weight is 472 g/mol. The van der Waals surface area contributed by atoms with Gasteiger partial charge in [0.05, 0.1) is 31.5 Å². The standard InChI is InChI=1S/C28H25NO4S/c1-30-24-13-19(14-25(31-2)27(24)32-3)12-20-15-22-21-10-7-11-29-23(21)16-26(28(22)34-20)33-17-18-8-5-4-6-9-18/h4-11,13-16H,12,17H2,1-3H3. The molecule has 6 heteroatoms. The lowest BCUT2D eigenvalue weighted by molar-refractivity contribution is 0.311. The molecule has 34 heavy (non-hydrogen) atoms. The van der Waals surface area contributed by atoms with Crippen molar-refractivity contribution in [3.63, 3.8) is 0 Å². The van der Waals surface area contributed by atoms with Gasteiger partial charge >= 0.3 is 0 Å². The van der Waals surface area contributed by atoms with E-state index < -0.39 is 0 Å². The number of nitrogens with zero attached hydrogens (tertiary/aromatic N) is 1. The Hall–Kier alpha value is -3.77. The first-order valence-corrected chi connectivity index (χ1v) is 11.8. The van der Waals surface area contributed by atoms with Crippen LogP contribution in [0, 0.1) is 0 Å². The zero-order valence-corrected chi connectivity index (χ0v) is 20.1. The van der Waals surface area contributed by atoms with Gasteiger partial charge in [0, 0.05) is 34.3 Å². The van der Waals surface area contributed by atoms with Crippen LogP contribution in [0.25, 0.3) is 21.0 Å². The SMILES string of the molecule is COc1cc(Cc2cc3c(s2)c(OCc2ccccc2)cc2ncccc23)cc(OC)c1OC.